The molecule has 0 fully saturated rings. The number of aliphatic carboxylic acids is 1. The molecule has 1 atom stereocenters. The van der Waals surface area contributed by atoms with Crippen molar-refractivity contribution in [3.8, 4) is 0 Å². The molecule has 0 bridgehead atoms. The first-order valence-corrected chi connectivity index (χ1v) is 5.30. The fraction of sp³-hybridized carbons (Fsp3) is 0.900. The smallest absolute Gasteiger partial charge is 0.329 e. The Morgan fingerprint density at radius 3 is 2.25 bits per heavy atom. The highest BCUT2D eigenvalue weighted by Gasteiger charge is 1.99. The number of aliphatic hydroxyl groups excluding tert-OH is 1. The number of rotatable bonds is 11. The van der Waals surface area contributed by atoms with Crippen LogP contribution in [-0.2, 0) is 19.0 Å². The van der Waals surface area contributed by atoms with Crippen molar-refractivity contribution in [1.82, 2.24) is 0 Å². The third-order valence-corrected chi connectivity index (χ3v) is 1.75. The zero-order chi connectivity index (χ0) is 12.2. The SMILES string of the molecule is CCC(O)COCCOCCOCC(=O)O. The maximum absolute atomic E-state index is 10.1. The van der Waals surface area contributed by atoms with Gasteiger partial charge < -0.3 is 24.4 Å². The number of carbonyl (C=O) groups is 1. The van der Waals surface area contributed by atoms with E-state index in [9.17, 15) is 4.79 Å². The largest absolute Gasteiger partial charge is 0.480 e. The van der Waals surface area contributed by atoms with Crippen molar-refractivity contribution in [3.05, 3.63) is 0 Å². The number of carboxylic acids is 1. The molecule has 0 aromatic carbocycles. The van der Waals surface area contributed by atoms with Crippen molar-refractivity contribution in [2.75, 3.05) is 39.6 Å². The predicted octanol–water partition coefficient (Wildman–Crippen LogP) is -0.108. The number of ether oxygens (including phenoxy) is 3. The van der Waals surface area contributed by atoms with Crippen molar-refractivity contribution in [1.29, 1.82) is 0 Å². The van der Waals surface area contributed by atoms with Gasteiger partial charge >= 0.3 is 5.97 Å². The average molecular weight is 236 g/mol. The molecule has 0 radical (unpaired) electrons. The Morgan fingerprint density at radius 2 is 1.69 bits per heavy atom. The molecule has 0 rings (SSSR count). The fourth-order valence-corrected chi connectivity index (χ4v) is 0.834. The normalized spacial score (nSPS) is 12.6. The van der Waals surface area contributed by atoms with Gasteiger partial charge in [0.25, 0.3) is 0 Å². The molecule has 0 heterocycles. The van der Waals surface area contributed by atoms with Crippen LogP contribution < -0.4 is 0 Å². The molecule has 0 aliphatic carbocycles. The summed E-state index contributed by atoms with van der Waals surface area (Å²) in [6.45, 7) is 3.31. The van der Waals surface area contributed by atoms with Crippen molar-refractivity contribution in [2.24, 2.45) is 0 Å². The van der Waals surface area contributed by atoms with Gasteiger partial charge in [0.15, 0.2) is 0 Å². The van der Waals surface area contributed by atoms with Gasteiger partial charge in [-0.1, -0.05) is 6.92 Å². The van der Waals surface area contributed by atoms with E-state index in [1.807, 2.05) is 6.92 Å². The summed E-state index contributed by atoms with van der Waals surface area (Å²) in [5.41, 5.74) is 0. The zero-order valence-electron chi connectivity index (χ0n) is 9.55. The molecule has 0 saturated heterocycles. The molecule has 0 amide bonds. The topological polar surface area (TPSA) is 85.2 Å². The van der Waals surface area contributed by atoms with Crippen LogP contribution in [0.5, 0.6) is 0 Å². The van der Waals surface area contributed by atoms with Gasteiger partial charge in [-0.2, -0.15) is 0 Å². The van der Waals surface area contributed by atoms with E-state index >= 15 is 0 Å². The van der Waals surface area contributed by atoms with Crippen LogP contribution in [0.15, 0.2) is 0 Å². The van der Waals surface area contributed by atoms with Crippen LogP contribution in [0.2, 0.25) is 0 Å². The Bertz CT molecular complexity index is 173. The molecular weight excluding hydrogens is 216 g/mol. The van der Waals surface area contributed by atoms with Crippen molar-refractivity contribution >= 4 is 5.97 Å². The van der Waals surface area contributed by atoms with E-state index in [1.165, 1.54) is 0 Å². The second-order valence-corrected chi connectivity index (χ2v) is 3.20. The van der Waals surface area contributed by atoms with E-state index in [2.05, 4.69) is 0 Å². The Morgan fingerprint density at radius 1 is 1.12 bits per heavy atom. The summed E-state index contributed by atoms with van der Waals surface area (Å²) in [6, 6.07) is 0. The first kappa shape index (κ1) is 15.3. The highest BCUT2D eigenvalue weighted by molar-refractivity contribution is 5.67. The maximum atomic E-state index is 10.1. The molecule has 96 valence electrons. The molecule has 0 spiro atoms. The number of hydrogen-bond donors (Lipinski definition) is 2. The van der Waals surface area contributed by atoms with E-state index in [4.69, 9.17) is 24.4 Å². The second kappa shape index (κ2) is 10.8. The number of carboxylic acid groups (broad SMARTS) is 1. The Kier molecular flexibility index (Phi) is 10.3. The predicted molar refractivity (Wildman–Crippen MR) is 56.4 cm³/mol. The summed E-state index contributed by atoms with van der Waals surface area (Å²) < 4.78 is 15.0. The number of hydrogen-bond acceptors (Lipinski definition) is 5. The summed E-state index contributed by atoms with van der Waals surface area (Å²) in [5, 5.41) is 17.4. The average Bonchev–Trinajstić information content (AvgIpc) is 2.26. The molecule has 1 unspecified atom stereocenters. The first-order chi connectivity index (χ1) is 7.66. The maximum Gasteiger partial charge on any atom is 0.329 e. The van der Waals surface area contributed by atoms with Crippen LogP contribution in [0.1, 0.15) is 13.3 Å². The quantitative estimate of drug-likeness (QED) is 0.487. The van der Waals surface area contributed by atoms with E-state index < -0.39 is 12.1 Å². The van der Waals surface area contributed by atoms with Crippen LogP contribution in [0.25, 0.3) is 0 Å². The molecule has 6 heteroatoms. The van der Waals surface area contributed by atoms with Gasteiger partial charge in [0.2, 0.25) is 0 Å². The van der Waals surface area contributed by atoms with Crippen LogP contribution >= 0.6 is 0 Å². The third-order valence-electron chi connectivity index (χ3n) is 1.75. The van der Waals surface area contributed by atoms with Crippen LogP contribution in [0.4, 0.5) is 0 Å². The minimum absolute atomic E-state index is 0.254. The lowest BCUT2D eigenvalue weighted by Gasteiger charge is -2.09. The molecule has 6 nitrogen and oxygen atoms in total. The monoisotopic (exact) mass is 236 g/mol. The minimum Gasteiger partial charge on any atom is -0.480 e. The minimum atomic E-state index is -0.989. The van der Waals surface area contributed by atoms with Gasteiger partial charge in [0.1, 0.15) is 6.61 Å². The van der Waals surface area contributed by atoms with E-state index in [1.54, 1.807) is 0 Å². The molecule has 0 saturated carbocycles. The Balaban J connectivity index is 3.01. The van der Waals surface area contributed by atoms with Gasteiger partial charge in [-0.15, -0.1) is 0 Å². The van der Waals surface area contributed by atoms with E-state index in [0.717, 1.165) is 0 Å². The van der Waals surface area contributed by atoms with Gasteiger partial charge in [-0.25, -0.2) is 4.79 Å². The lowest BCUT2D eigenvalue weighted by atomic mass is 10.3. The lowest BCUT2D eigenvalue weighted by Crippen LogP contribution is -2.17. The van der Waals surface area contributed by atoms with Gasteiger partial charge in [-0.3, -0.25) is 0 Å². The van der Waals surface area contributed by atoms with E-state index in [0.29, 0.717) is 32.8 Å². The fourth-order valence-electron chi connectivity index (χ4n) is 0.834. The summed E-state index contributed by atoms with van der Waals surface area (Å²) >= 11 is 0. The van der Waals surface area contributed by atoms with E-state index in [-0.39, 0.29) is 13.2 Å². The summed E-state index contributed by atoms with van der Waals surface area (Å²) in [7, 11) is 0. The molecule has 0 aliphatic heterocycles. The lowest BCUT2D eigenvalue weighted by molar-refractivity contribution is -0.142. The molecule has 0 aromatic rings. The molecule has 16 heavy (non-hydrogen) atoms. The van der Waals surface area contributed by atoms with Crippen LogP contribution in [-0.4, -0.2) is 61.9 Å². The van der Waals surface area contributed by atoms with Crippen molar-refractivity contribution in [3.63, 3.8) is 0 Å². The number of aliphatic hydroxyl groups is 1. The molecule has 0 aromatic heterocycles. The summed E-state index contributed by atoms with van der Waals surface area (Å²) in [4.78, 5) is 10.1. The summed E-state index contributed by atoms with van der Waals surface area (Å²) in [6.07, 6.45) is 0.253. The van der Waals surface area contributed by atoms with Gasteiger partial charge in [-0.05, 0) is 6.42 Å². The standard InChI is InChI=1S/C10H20O6/c1-2-9(11)7-15-5-3-14-4-6-16-8-10(12)13/h9,11H,2-8H2,1H3,(H,12,13). The first-order valence-electron chi connectivity index (χ1n) is 5.30. The highest BCUT2D eigenvalue weighted by Crippen LogP contribution is 1.90. The Labute approximate surface area is 95.1 Å². The Hall–Kier alpha value is -0.690. The second-order valence-electron chi connectivity index (χ2n) is 3.20. The molecular formula is C10H20O6. The molecule has 0 aliphatic rings. The zero-order valence-corrected chi connectivity index (χ0v) is 9.55. The van der Waals surface area contributed by atoms with Crippen molar-refractivity contribution in [2.45, 2.75) is 19.4 Å². The van der Waals surface area contributed by atoms with Crippen LogP contribution in [0, 0.1) is 0 Å². The molecule has 2 N–H and O–H groups in total. The van der Waals surface area contributed by atoms with Gasteiger partial charge in [0.05, 0.1) is 39.1 Å². The van der Waals surface area contributed by atoms with Crippen molar-refractivity contribution < 1.29 is 29.2 Å². The summed E-state index contributed by atoms with van der Waals surface area (Å²) in [5.74, 6) is -0.989. The third kappa shape index (κ3) is 11.4. The highest BCUT2D eigenvalue weighted by atomic mass is 16.5. The van der Waals surface area contributed by atoms with Gasteiger partial charge in [0, 0.05) is 0 Å². The van der Waals surface area contributed by atoms with Crippen LogP contribution in [0.3, 0.4) is 0 Å².